The number of amides is 3. The van der Waals surface area contributed by atoms with E-state index >= 15 is 0 Å². The number of fused-ring (bicyclic) bond motifs is 1. The molecule has 0 aromatic heterocycles. The lowest BCUT2D eigenvalue weighted by Crippen LogP contribution is -2.48. The summed E-state index contributed by atoms with van der Waals surface area (Å²) in [6.07, 6.45) is -0.434. The Morgan fingerprint density at radius 2 is 1.60 bits per heavy atom. The lowest BCUT2D eigenvalue weighted by atomic mass is 10.1. The van der Waals surface area contributed by atoms with Crippen LogP contribution in [0.3, 0.4) is 0 Å². The van der Waals surface area contributed by atoms with E-state index in [0.717, 1.165) is 19.1 Å². The highest BCUT2D eigenvalue weighted by Gasteiger charge is 2.37. The fraction of sp³-hybridized carbons (Fsp3) is 0.312. The van der Waals surface area contributed by atoms with E-state index in [0.29, 0.717) is 0 Å². The van der Waals surface area contributed by atoms with Crippen LogP contribution in [-0.4, -0.2) is 61.4 Å². The zero-order chi connectivity index (χ0) is 18.6. The standard InChI is InChI=1S/C16H16N2O7/c1-24-13(20)7-11(16(23)25-2)17-12(19)8-18-14(21)9-5-3-4-6-10(9)15(18)22/h3-6,11H,7-8H2,1-2H3,(H,17,19). The second-order valence-corrected chi connectivity index (χ2v) is 5.17. The number of methoxy groups -OCH3 is 2. The van der Waals surface area contributed by atoms with E-state index in [2.05, 4.69) is 14.8 Å². The molecule has 1 aromatic carbocycles. The fourth-order valence-electron chi connectivity index (χ4n) is 2.35. The topological polar surface area (TPSA) is 119 Å². The second kappa shape index (κ2) is 7.56. The summed E-state index contributed by atoms with van der Waals surface area (Å²) in [4.78, 5) is 60.3. The molecule has 1 N–H and O–H groups in total. The molecule has 0 spiro atoms. The van der Waals surface area contributed by atoms with Gasteiger partial charge in [-0.15, -0.1) is 0 Å². The summed E-state index contributed by atoms with van der Waals surface area (Å²) in [6, 6.07) is 4.92. The van der Waals surface area contributed by atoms with Gasteiger partial charge >= 0.3 is 11.9 Å². The van der Waals surface area contributed by atoms with Crippen LogP contribution in [0.25, 0.3) is 0 Å². The average Bonchev–Trinajstić information content (AvgIpc) is 2.85. The predicted molar refractivity (Wildman–Crippen MR) is 82.4 cm³/mol. The minimum absolute atomic E-state index is 0.208. The third-order valence-corrected chi connectivity index (χ3v) is 3.60. The van der Waals surface area contributed by atoms with Crippen molar-refractivity contribution in [1.29, 1.82) is 0 Å². The Hall–Kier alpha value is -3.23. The van der Waals surface area contributed by atoms with Gasteiger partial charge in [0, 0.05) is 0 Å². The molecule has 0 fully saturated rings. The highest BCUT2D eigenvalue weighted by atomic mass is 16.5. The van der Waals surface area contributed by atoms with Crippen LogP contribution >= 0.6 is 0 Å². The van der Waals surface area contributed by atoms with Crippen LogP contribution in [0.1, 0.15) is 27.1 Å². The third-order valence-electron chi connectivity index (χ3n) is 3.60. The van der Waals surface area contributed by atoms with Gasteiger partial charge in [0.25, 0.3) is 11.8 Å². The number of nitrogens with zero attached hydrogens (tertiary/aromatic N) is 1. The minimum atomic E-state index is -1.28. The second-order valence-electron chi connectivity index (χ2n) is 5.17. The lowest BCUT2D eigenvalue weighted by Gasteiger charge is -2.18. The molecule has 0 bridgehead atoms. The van der Waals surface area contributed by atoms with Gasteiger partial charge < -0.3 is 14.8 Å². The number of nitrogens with one attached hydrogen (secondary N) is 1. The Morgan fingerprint density at radius 3 is 2.08 bits per heavy atom. The SMILES string of the molecule is COC(=O)CC(NC(=O)CN1C(=O)c2ccccc2C1=O)C(=O)OC. The highest BCUT2D eigenvalue weighted by molar-refractivity contribution is 6.22. The van der Waals surface area contributed by atoms with E-state index in [-0.39, 0.29) is 11.1 Å². The van der Waals surface area contributed by atoms with Crippen molar-refractivity contribution in [2.45, 2.75) is 12.5 Å². The van der Waals surface area contributed by atoms with Crippen molar-refractivity contribution in [3.8, 4) is 0 Å². The predicted octanol–water partition coefficient (Wildman–Crippen LogP) is -0.496. The van der Waals surface area contributed by atoms with E-state index in [4.69, 9.17) is 0 Å². The summed E-state index contributed by atoms with van der Waals surface area (Å²) >= 11 is 0. The maximum atomic E-state index is 12.2. The van der Waals surface area contributed by atoms with Gasteiger partial charge in [0.05, 0.1) is 31.8 Å². The molecular formula is C16H16N2O7. The number of carbonyl (C=O) groups is 5. The summed E-state index contributed by atoms with van der Waals surface area (Å²) in [5.41, 5.74) is 0.416. The van der Waals surface area contributed by atoms with Crippen molar-refractivity contribution in [3.05, 3.63) is 35.4 Å². The maximum absolute atomic E-state index is 12.2. The molecule has 1 unspecified atom stereocenters. The lowest BCUT2D eigenvalue weighted by molar-refractivity contribution is -0.150. The number of rotatable bonds is 6. The third kappa shape index (κ3) is 3.82. The van der Waals surface area contributed by atoms with Gasteiger partial charge in [0.2, 0.25) is 5.91 Å². The Morgan fingerprint density at radius 1 is 1.04 bits per heavy atom. The summed E-state index contributed by atoms with van der Waals surface area (Å²) in [5.74, 6) is -3.55. The van der Waals surface area contributed by atoms with Gasteiger partial charge in [-0.2, -0.15) is 0 Å². The molecule has 9 nitrogen and oxygen atoms in total. The molecule has 1 atom stereocenters. The first-order valence-electron chi connectivity index (χ1n) is 7.28. The van der Waals surface area contributed by atoms with Crippen molar-refractivity contribution >= 4 is 29.7 Å². The van der Waals surface area contributed by atoms with Crippen LogP contribution in [0.4, 0.5) is 0 Å². The molecule has 0 saturated carbocycles. The highest BCUT2D eigenvalue weighted by Crippen LogP contribution is 2.21. The van der Waals surface area contributed by atoms with Gasteiger partial charge in [0.1, 0.15) is 12.6 Å². The first-order valence-corrected chi connectivity index (χ1v) is 7.28. The van der Waals surface area contributed by atoms with Crippen molar-refractivity contribution in [2.24, 2.45) is 0 Å². The average molecular weight is 348 g/mol. The first-order chi connectivity index (χ1) is 11.9. The van der Waals surface area contributed by atoms with E-state index in [1.165, 1.54) is 12.1 Å². The molecule has 2 rings (SSSR count). The van der Waals surface area contributed by atoms with Crippen LogP contribution in [0.5, 0.6) is 0 Å². The Bertz CT molecular complexity index is 709. The van der Waals surface area contributed by atoms with Crippen LogP contribution in [0.2, 0.25) is 0 Å². The Labute approximate surface area is 142 Å². The maximum Gasteiger partial charge on any atom is 0.328 e. The van der Waals surface area contributed by atoms with Crippen LogP contribution < -0.4 is 5.32 Å². The molecule has 132 valence electrons. The zero-order valence-electron chi connectivity index (χ0n) is 13.6. The molecule has 0 radical (unpaired) electrons. The van der Waals surface area contributed by atoms with E-state index in [1.807, 2.05) is 0 Å². The van der Waals surface area contributed by atoms with Gasteiger partial charge in [-0.3, -0.25) is 24.1 Å². The number of esters is 2. The molecule has 0 aliphatic carbocycles. The number of benzene rings is 1. The van der Waals surface area contributed by atoms with Crippen molar-refractivity contribution in [2.75, 3.05) is 20.8 Å². The fourth-order valence-corrected chi connectivity index (χ4v) is 2.35. The van der Waals surface area contributed by atoms with Crippen LogP contribution in [0.15, 0.2) is 24.3 Å². The molecule has 1 aliphatic rings. The van der Waals surface area contributed by atoms with Crippen molar-refractivity contribution < 1.29 is 33.4 Å². The number of hydrogen-bond donors (Lipinski definition) is 1. The number of carbonyl (C=O) groups excluding carboxylic acids is 5. The Kier molecular flexibility index (Phi) is 5.48. The number of hydrogen-bond acceptors (Lipinski definition) is 7. The quantitative estimate of drug-likeness (QED) is 0.544. The molecule has 3 amide bonds. The summed E-state index contributed by atoms with van der Waals surface area (Å²) in [6.45, 7) is -0.582. The molecule has 1 heterocycles. The van der Waals surface area contributed by atoms with Crippen molar-refractivity contribution in [1.82, 2.24) is 10.2 Å². The zero-order valence-corrected chi connectivity index (χ0v) is 13.6. The summed E-state index contributed by atoms with van der Waals surface area (Å²) < 4.78 is 8.96. The van der Waals surface area contributed by atoms with Gasteiger partial charge in [-0.1, -0.05) is 12.1 Å². The minimum Gasteiger partial charge on any atom is -0.469 e. The molecular weight excluding hydrogens is 332 g/mol. The number of ether oxygens (including phenoxy) is 2. The summed E-state index contributed by atoms with van der Waals surface area (Å²) in [7, 11) is 2.24. The van der Waals surface area contributed by atoms with Crippen LogP contribution in [-0.2, 0) is 23.9 Å². The van der Waals surface area contributed by atoms with Gasteiger partial charge in [0.15, 0.2) is 0 Å². The molecule has 1 aromatic rings. The smallest absolute Gasteiger partial charge is 0.328 e. The summed E-state index contributed by atoms with van der Waals surface area (Å²) in [5, 5.41) is 2.27. The monoisotopic (exact) mass is 348 g/mol. The Balaban J connectivity index is 2.06. The van der Waals surface area contributed by atoms with Gasteiger partial charge in [-0.05, 0) is 12.1 Å². The van der Waals surface area contributed by atoms with Crippen molar-refractivity contribution in [3.63, 3.8) is 0 Å². The van der Waals surface area contributed by atoms with E-state index in [9.17, 15) is 24.0 Å². The van der Waals surface area contributed by atoms with E-state index < -0.39 is 48.7 Å². The molecule has 1 aliphatic heterocycles. The van der Waals surface area contributed by atoms with Crippen LogP contribution in [0, 0.1) is 0 Å². The first kappa shape index (κ1) is 18.1. The normalized spacial score (nSPS) is 13.9. The van der Waals surface area contributed by atoms with E-state index in [1.54, 1.807) is 12.1 Å². The largest absolute Gasteiger partial charge is 0.469 e. The van der Waals surface area contributed by atoms with Gasteiger partial charge in [-0.25, -0.2) is 4.79 Å². The molecule has 9 heteroatoms. The molecule has 25 heavy (non-hydrogen) atoms. The number of imide groups is 1. The molecule has 0 saturated heterocycles.